The third-order valence-corrected chi connectivity index (χ3v) is 4.83. The summed E-state index contributed by atoms with van der Waals surface area (Å²) < 4.78 is 29.9. The summed E-state index contributed by atoms with van der Waals surface area (Å²) in [6, 6.07) is 3.99. The van der Waals surface area contributed by atoms with Crippen molar-refractivity contribution in [2.24, 2.45) is 0 Å². The molecule has 0 bridgehead atoms. The number of esters is 1. The van der Waals surface area contributed by atoms with Gasteiger partial charge in [-0.2, -0.15) is 0 Å². The monoisotopic (exact) mass is 312 g/mol. The van der Waals surface area contributed by atoms with Crippen LogP contribution in [0.2, 0.25) is 0 Å². The molecule has 0 saturated carbocycles. The fourth-order valence-electron chi connectivity index (χ4n) is 1.94. The third-order valence-electron chi connectivity index (χ3n) is 3.06. The summed E-state index contributed by atoms with van der Waals surface area (Å²) in [5.41, 5.74) is 5.79. The molecule has 114 valence electrons. The van der Waals surface area contributed by atoms with Crippen molar-refractivity contribution in [1.29, 1.82) is 0 Å². The van der Waals surface area contributed by atoms with E-state index in [1.807, 2.05) is 6.92 Å². The molecule has 1 aromatic carbocycles. The van der Waals surface area contributed by atoms with Crippen LogP contribution in [0.1, 0.15) is 30.1 Å². The first-order chi connectivity index (χ1) is 9.87. The summed E-state index contributed by atoms with van der Waals surface area (Å²) in [7, 11) is -4.04. The number of hydrogen-bond donors (Lipinski definition) is 1. The van der Waals surface area contributed by atoms with E-state index in [4.69, 9.17) is 10.5 Å². The second-order valence-electron chi connectivity index (χ2n) is 4.65. The molecule has 0 aliphatic carbocycles. The molecule has 1 aromatic rings. The Bertz CT molecular complexity index is 684. The van der Waals surface area contributed by atoms with Crippen molar-refractivity contribution < 1.29 is 22.7 Å². The lowest BCUT2D eigenvalue weighted by Crippen LogP contribution is -2.35. The highest BCUT2D eigenvalue weighted by Crippen LogP contribution is 2.31. The van der Waals surface area contributed by atoms with E-state index in [1.165, 1.54) is 18.2 Å². The number of nitrogens with two attached hydrogens (primary N) is 1. The van der Waals surface area contributed by atoms with Crippen molar-refractivity contribution in [3.05, 3.63) is 23.8 Å². The van der Waals surface area contributed by atoms with Gasteiger partial charge in [-0.15, -0.1) is 0 Å². The summed E-state index contributed by atoms with van der Waals surface area (Å²) in [6.45, 7) is 1.51. The highest BCUT2D eigenvalue weighted by Gasteiger charge is 2.42. The smallest absolute Gasteiger partial charge is 0.326 e. The van der Waals surface area contributed by atoms with Crippen LogP contribution >= 0.6 is 0 Å². The Kier molecular flexibility index (Phi) is 4.17. The highest BCUT2D eigenvalue weighted by molar-refractivity contribution is 7.90. The average Bonchev–Trinajstić information content (AvgIpc) is 2.60. The second-order valence-corrected chi connectivity index (χ2v) is 6.48. The standard InChI is InChI=1S/C13H16N2O5S/c1-2-3-6-20-12(16)8-15-13(17)10-5-4-9(14)7-11(10)21(15,18)19/h4-5,7H,2-3,6,8,14H2,1H3. The Balaban J connectivity index is 2.20. The van der Waals surface area contributed by atoms with Gasteiger partial charge in [0, 0.05) is 5.69 Å². The van der Waals surface area contributed by atoms with Crippen molar-refractivity contribution in [3.8, 4) is 0 Å². The molecule has 0 aromatic heterocycles. The minimum absolute atomic E-state index is 0.0190. The van der Waals surface area contributed by atoms with E-state index < -0.39 is 28.4 Å². The number of sulfonamides is 1. The van der Waals surface area contributed by atoms with Crippen LogP contribution in [0.3, 0.4) is 0 Å². The predicted molar refractivity (Wildman–Crippen MR) is 74.9 cm³/mol. The molecule has 0 fully saturated rings. The number of amides is 1. The number of benzene rings is 1. The molecule has 0 saturated heterocycles. The summed E-state index contributed by atoms with van der Waals surface area (Å²) in [5, 5.41) is 0. The molecule has 1 amide bonds. The predicted octanol–water partition coefficient (Wildman–Crippen LogP) is 0.757. The third kappa shape index (κ3) is 2.85. The van der Waals surface area contributed by atoms with Crippen LogP contribution in [0.4, 0.5) is 5.69 Å². The maximum atomic E-state index is 12.3. The van der Waals surface area contributed by atoms with Gasteiger partial charge in [-0.05, 0) is 24.6 Å². The fourth-order valence-corrected chi connectivity index (χ4v) is 3.49. The number of carbonyl (C=O) groups is 2. The van der Waals surface area contributed by atoms with Gasteiger partial charge in [-0.1, -0.05) is 13.3 Å². The van der Waals surface area contributed by atoms with Crippen LogP contribution < -0.4 is 5.73 Å². The molecular weight excluding hydrogens is 296 g/mol. The molecule has 1 heterocycles. The van der Waals surface area contributed by atoms with E-state index in [9.17, 15) is 18.0 Å². The number of rotatable bonds is 5. The molecule has 1 aliphatic heterocycles. The molecule has 0 radical (unpaired) electrons. The maximum Gasteiger partial charge on any atom is 0.326 e. The quantitative estimate of drug-likeness (QED) is 0.488. The van der Waals surface area contributed by atoms with Crippen molar-refractivity contribution in [2.75, 3.05) is 18.9 Å². The molecule has 0 atom stereocenters. The van der Waals surface area contributed by atoms with Gasteiger partial charge in [-0.25, -0.2) is 12.7 Å². The van der Waals surface area contributed by atoms with Crippen LogP contribution in [0.15, 0.2) is 23.1 Å². The van der Waals surface area contributed by atoms with Crippen LogP contribution in [0.25, 0.3) is 0 Å². The van der Waals surface area contributed by atoms with E-state index in [0.717, 1.165) is 6.42 Å². The Hall–Kier alpha value is -2.09. The number of carbonyl (C=O) groups excluding carboxylic acids is 2. The minimum Gasteiger partial charge on any atom is -0.464 e. The zero-order valence-corrected chi connectivity index (χ0v) is 12.4. The first-order valence-corrected chi connectivity index (χ1v) is 7.94. The van der Waals surface area contributed by atoms with Gasteiger partial charge >= 0.3 is 5.97 Å². The Morgan fingerprint density at radius 2 is 2.10 bits per heavy atom. The summed E-state index contributed by atoms with van der Waals surface area (Å²) in [4.78, 5) is 23.5. The number of ether oxygens (including phenoxy) is 1. The Morgan fingerprint density at radius 3 is 2.76 bits per heavy atom. The largest absolute Gasteiger partial charge is 0.464 e. The van der Waals surface area contributed by atoms with Gasteiger partial charge in [0.2, 0.25) is 0 Å². The SMILES string of the molecule is CCCCOC(=O)CN1C(=O)c2ccc(N)cc2S1(=O)=O. The van der Waals surface area contributed by atoms with Gasteiger partial charge in [0.05, 0.1) is 12.2 Å². The topological polar surface area (TPSA) is 107 Å². The number of anilines is 1. The zero-order chi connectivity index (χ0) is 15.6. The molecule has 2 rings (SSSR count). The van der Waals surface area contributed by atoms with Crippen molar-refractivity contribution >= 4 is 27.6 Å². The average molecular weight is 312 g/mol. The van der Waals surface area contributed by atoms with Crippen molar-refractivity contribution in [3.63, 3.8) is 0 Å². The molecule has 7 nitrogen and oxygen atoms in total. The van der Waals surface area contributed by atoms with Gasteiger partial charge < -0.3 is 10.5 Å². The molecule has 0 unspecified atom stereocenters. The lowest BCUT2D eigenvalue weighted by molar-refractivity contribution is -0.143. The lowest BCUT2D eigenvalue weighted by Gasteiger charge is -2.14. The fraction of sp³-hybridized carbons (Fsp3) is 0.385. The molecule has 21 heavy (non-hydrogen) atoms. The molecule has 8 heteroatoms. The van der Waals surface area contributed by atoms with E-state index >= 15 is 0 Å². The van der Waals surface area contributed by atoms with Crippen LogP contribution in [-0.4, -0.2) is 37.8 Å². The number of fused-ring (bicyclic) bond motifs is 1. The van der Waals surface area contributed by atoms with Gasteiger partial charge in [-0.3, -0.25) is 9.59 Å². The van der Waals surface area contributed by atoms with Gasteiger partial charge in [0.25, 0.3) is 15.9 Å². The van der Waals surface area contributed by atoms with Crippen LogP contribution in [0.5, 0.6) is 0 Å². The molecule has 1 aliphatic rings. The Morgan fingerprint density at radius 1 is 1.38 bits per heavy atom. The van der Waals surface area contributed by atoms with Crippen molar-refractivity contribution in [1.82, 2.24) is 4.31 Å². The summed E-state index contributed by atoms with van der Waals surface area (Å²) >= 11 is 0. The summed E-state index contributed by atoms with van der Waals surface area (Å²) in [6.07, 6.45) is 1.53. The van der Waals surface area contributed by atoms with E-state index in [2.05, 4.69) is 0 Å². The van der Waals surface area contributed by atoms with Gasteiger partial charge in [0.1, 0.15) is 11.4 Å². The van der Waals surface area contributed by atoms with E-state index in [1.54, 1.807) is 0 Å². The lowest BCUT2D eigenvalue weighted by atomic mass is 10.2. The first kappa shape index (κ1) is 15.3. The van der Waals surface area contributed by atoms with Crippen LogP contribution in [0, 0.1) is 0 Å². The second kappa shape index (κ2) is 5.72. The van der Waals surface area contributed by atoms with E-state index in [-0.39, 0.29) is 22.8 Å². The normalized spacial score (nSPS) is 15.9. The first-order valence-electron chi connectivity index (χ1n) is 6.50. The number of unbranched alkanes of at least 4 members (excludes halogenated alkanes) is 1. The number of nitrogens with zero attached hydrogens (tertiary/aromatic N) is 1. The number of hydrogen-bond acceptors (Lipinski definition) is 6. The van der Waals surface area contributed by atoms with Crippen LogP contribution in [-0.2, 0) is 19.6 Å². The minimum atomic E-state index is -4.04. The van der Waals surface area contributed by atoms with E-state index in [0.29, 0.717) is 10.7 Å². The van der Waals surface area contributed by atoms with Gasteiger partial charge in [0.15, 0.2) is 0 Å². The number of nitrogen functional groups attached to an aromatic ring is 1. The maximum absolute atomic E-state index is 12.3. The molecule has 0 spiro atoms. The zero-order valence-electron chi connectivity index (χ0n) is 11.5. The molecule has 2 N–H and O–H groups in total. The molecular formula is C13H16N2O5S. The van der Waals surface area contributed by atoms with Crippen molar-refractivity contribution in [2.45, 2.75) is 24.7 Å². The highest BCUT2D eigenvalue weighted by atomic mass is 32.2. The Labute approximate surface area is 122 Å². The summed E-state index contributed by atoms with van der Waals surface area (Å²) in [5.74, 6) is -1.49.